The van der Waals surface area contributed by atoms with Crippen LogP contribution in [0, 0.1) is 17.8 Å². The van der Waals surface area contributed by atoms with Crippen molar-refractivity contribution in [3.05, 3.63) is 59.7 Å². The zero-order valence-electron chi connectivity index (χ0n) is 18.7. The normalized spacial score (nSPS) is 24.7. The zero-order chi connectivity index (χ0) is 23.7. The number of hydrogen-bond acceptors (Lipinski definition) is 5. The Hall–Kier alpha value is -3.39. The second-order valence-corrected chi connectivity index (χ2v) is 9.23. The van der Waals surface area contributed by atoms with Gasteiger partial charge in [0, 0.05) is 37.5 Å². The number of carbonyl (C=O) groups is 3. The predicted molar refractivity (Wildman–Crippen MR) is 123 cm³/mol. The monoisotopic (exact) mass is 464 g/mol. The first-order valence-electron chi connectivity index (χ1n) is 11.7. The smallest absolute Gasteiger partial charge is 0.407 e. The summed E-state index contributed by atoms with van der Waals surface area (Å²) in [5.74, 6) is -1.40. The molecule has 3 aliphatic rings. The summed E-state index contributed by atoms with van der Waals surface area (Å²) in [5.41, 5.74) is 4.68. The van der Waals surface area contributed by atoms with Crippen molar-refractivity contribution in [2.45, 2.75) is 24.9 Å². The summed E-state index contributed by atoms with van der Waals surface area (Å²) in [4.78, 5) is 35.9. The summed E-state index contributed by atoms with van der Waals surface area (Å²) in [5, 5.41) is 14.8. The van der Waals surface area contributed by atoms with E-state index in [2.05, 4.69) is 34.9 Å². The second kappa shape index (κ2) is 9.46. The lowest BCUT2D eigenvalue weighted by atomic mass is 9.98. The summed E-state index contributed by atoms with van der Waals surface area (Å²) in [6.45, 7) is 1.31. The van der Waals surface area contributed by atoms with Crippen molar-refractivity contribution in [2.24, 2.45) is 17.8 Å². The average molecular weight is 465 g/mol. The van der Waals surface area contributed by atoms with Crippen LogP contribution in [-0.4, -0.2) is 55.5 Å². The number of fused-ring (bicyclic) bond motifs is 3. The van der Waals surface area contributed by atoms with Gasteiger partial charge in [-0.15, -0.1) is 0 Å². The van der Waals surface area contributed by atoms with Crippen molar-refractivity contribution in [2.75, 3.05) is 26.3 Å². The Kier molecular flexibility index (Phi) is 6.24. The molecule has 2 amide bonds. The van der Waals surface area contributed by atoms with Crippen LogP contribution in [0.1, 0.15) is 29.9 Å². The standard InChI is InChI=1S/C26H28N2O6/c29-24(27-12-15-9-10-33-23(15)25(30)31)21-11-16(21)13-28-26(32)34-14-22-19-7-3-1-5-17(19)18-6-2-4-8-20(18)22/h1-8,15-16,21-23H,9-14H2,(H,27,29)(H,28,32)(H,30,31)/t15?,16-,21-,23?/m1/s1. The Morgan fingerprint density at radius 2 is 1.59 bits per heavy atom. The van der Waals surface area contributed by atoms with E-state index in [0.717, 1.165) is 11.1 Å². The van der Waals surface area contributed by atoms with E-state index in [4.69, 9.17) is 14.6 Å². The third-order valence-electron chi connectivity index (χ3n) is 7.11. The van der Waals surface area contributed by atoms with E-state index in [0.29, 0.717) is 32.5 Å². The molecule has 2 aromatic carbocycles. The minimum absolute atomic E-state index is 0.00629. The molecule has 1 heterocycles. The molecule has 2 fully saturated rings. The maximum Gasteiger partial charge on any atom is 0.407 e. The van der Waals surface area contributed by atoms with Gasteiger partial charge in [0.05, 0.1) is 0 Å². The minimum atomic E-state index is -0.992. The molecule has 2 unspecified atom stereocenters. The highest BCUT2D eigenvalue weighted by atomic mass is 16.5. The molecule has 2 aliphatic carbocycles. The number of alkyl carbamates (subject to hydrolysis) is 1. The number of carbonyl (C=O) groups excluding carboxylic acids is 2. The molecule has 0 radical (unpaired) electrons. The molecule has 34 heavy (non-hydrogen) atoms. The number of aliphatic carboxylic acids is 1. The first kappa shape index (κ1) is 22.4. The van der Waals surface area contributed by atoms with Crippen LogP contribution in [0.2, 0.25) is 0 Å². The highest BCUT2D eigenvalue weighted by Crippen LogP contribution is 2.44. The SMILES string of the molecule is O=C(NC[C@H]1C[C@H]1C(=O)NCC1CCOC1C(=O)O)OCC1c2ccccc2-c2ccccc21. The molecule has 8 nitrogen and oxygen atoms in total. The Morgan fingerprint density at radius 3 is 2.26 bits per heavy atom. The number of rotatable bonds is 8. The third kappa shape index (κ3) is 4.50. The van der Waals surface area contributed by atoms with Crippen molar-refractivity contribution in [1.29, 1.82) is 0 Å². The van der Waals surface area contributed by atoms with Crippen molar-refractivity contribution in [3.63, 3.8) is 0 Å². The van der Waals surface area contributed by atoms with E-state index >= 15 is 0 Å². The van der Waals surface area contributed by atoms with Crippen molar-refractivity contribution in [3.8, 4) is 11.1 Å². The Bertz CT molecular complexity index is 1060. The van der Waals surface area contributed by atoms with Crippen LogP contribution in [-0.2, 0) is 19.1 Å². The fraction of sp³-hybridized carbons (Fsp3) is 0.423. The number of benzene rings is 2. The van der Waals surface area contributed by atoms with Gasteiger partial charge in [-0.05, 0) is 41.0 Å². The van der Waals surface area contributed by atoms with Gasteiger partial charge in [0.25, 0.3) is 0 Å². The fourth-order valence-electron chi connectivity index (χ4n) is 5.14. The molecule has 1 saturated heterocycles. The molecular formula is C26H28N2O6. The highest BCUT2D eigenvalue weighted by molar-refractivity contribution is 5.82. The number of nitrogens with one attached hydrogen (secondary N) is 2. The van der Waals surface area contributed by atoms with Gasteiger partial charge < -0.3 is 25.2 Å². The minimum Gasteiger partial charge on any atom is -0.479 e. The van der Waals surface area contributed by atoms with Gasteiger partial charge in [0.2, 0.25) is 5.91 Å². The van der Waals surface area contributed by atoms with Gasteiger partial charge in [0.1, 0.15) is 6.61 Å². The molecule has 1 aliphatic heterocycles. The largest absolute Gasteiger partial charge is 0.479 e. The number of carboxylic acid groups (broad SMARTS) is 1. The molecule has 8 heteroatoms. The lowest BCUT2D eigenvalue weighted by Gasteiger charge is -2.15. The van der Waals surface area contributed by atoms with E-state index in [-0.39, 0.29) is 36.2 Å². The van der Waals surface area contributed by atoms with Gasteiger partial charge >= 0.3 is 12.1 Å². The van der Waals surface area contributed by atoms with E-state index in [1.165, 1.54) is 11.1 Å². The lowest BCUT2D eigenvalue weighted by molar-refractivity contribution is -0.149. The number of hydrogen-bond donors (Lipinski definition) is 3. The third-order valence-corrected chi connectivity index (χ3v) is 7.11. The Balaban J connectivity index is 1.06. The van der Waals surface area contributed by atoms with Crippen LogP contribution in [0.5, 0.6) is 0 Å². The Labute approximate surface area is 197 Å². The van der Waals surface area contributed by atoms with Gasteiger partial charge in [-0.2, -0.15) is 0 Å². The fourth-order valence-corrected chi connectivity index (χ4v) is 5.14. The number of ether oxygens (including phenoxy) is 2. The highest BCUT2D eigenvalue weighted by Gasteiger charge is 2.43. The average Bonchev–Trinajstić information content (AvgIpc) is 3.34. The molecule has 0 spiro atoms. The number of carboxylic acids is 1. The summed E-state index contributed by atoms with van der Waals surface area (Å²) in [6, 6.07) is 16.4. The topological polar surface area (TPSA) is 114 Å². The van der Waals surface area contributed by atoms with Crippen LogP contribution in [0.4, 0.5) is 4.79 Å². The first-order chi connectivity index (χ1) is 16.5. The van der Waals surface area contributed by atoms with Crippen molar-refractivity contribution >= 4 is 18.0 Å². The van der Waals surface area contributed by atoms with Gasteiger partial charge in [-0.25, -0.2) is 9.59 Å². The van der Waals surface area contributed by atoms with E-state index in [1.807, 2.05) is 24.3 Å². The molecule has 0 bridgehead atoms. The van der Waals surface area contributed by atoms with Crippen molar-refractivity contribution < 1.29 is 29.0 Å². The maximum absolute atomic E-state index is 12.4. The molecule has 178 valence electrons. The zero-order valence-corrected chi connectivity index (χ0v) is 18.7. The summed E-state index contributed by atoms with van der Waals surface area (Å²) in [6.07, 6.45) is -0.0286. The summed E-state index contributed by atoms with van der Waals surface area (Å²) >= 11 is 0. The quantitative estimate of drug-likeness (QED) is 0.554. The van der Waals surface area contributed by atoms with Crippen LogP contribution >= 0.6 is 0 Å². The van der Waals surface area contributed by atoms with E-state index in [9.17, 15) is 14.4 Å². The molecule has 3 N–H and O–H groups in total. The van der Waals surface area contributed by atoms with E-state index < -0.39 is 18.2 Å². The molecule has 4 atom stereocenters. The van der Waals surface area contributed by atoms with E-state index in [1.54, 1.807) is 0 Å². The first-order valence-corrected chi connectivity index (χ1v) is 11.7. The van der Waals surface area contributed by atoms with Crippen molar-refractivity contribution in [1.82, 2.24) is 10.6 Å². The van der Waals surface area contributed by atoms with Crippen LogP contribution < -0.4 is 10.6 Å². The molecule has 0 aromatic heterocycles. The molecule has 1 saturated carbocycles. The summed E-state index contributed by atoms with van der Waals surface area (Å²) < 4.78 is 10.8. The maximum atomic E-state index is 12.4. The van der Waals surface area contributed by atoms with Crippen LogP contribution in [0.25, 0.3) is 11.1 Å². The molecular weight excluding hydrogens is 436 g/mol. The second-order valence-electron chi connectivity index (χ2n) is 9.23. The van der Waals surface area contributed by atoms with Gasteiger partial charge in [-0.3, -0.25) is 4.79 Å². The molecule has 5 rings (SSSR count). The lowest BCUT2D eigenvalue weighted by Crippen LogP contribution is -2.37. The number of amides is 2. The van der Waals surface area contributed by atoms with Gasteiger partial charge in [-0.1, -0.05) is 48.5 Å². The van der Waals surface area contributed by atoms with Crippen LogP contribution in [0.15, 0.2) is 48.5 Å². The van der Waals surface area contributed by atoms with Crippen LogP contribution in [0.3, 0.4) is 0 Å². The Morgan fingerprint density at radius 1 is 0.941 bits per heavy atom. The summed E-state index contributed by atoms with van der Waals surface area (Å²) in [7, 11) is 0. The predicted octanol–water partition coefficient (Wildman–Crippen LogP) is 2.77. The van der Waals surface area contributed by atoms with Gasteiger partial charge in [0.15, 0.2) is 6.10 Å². The molecule has 2 aromatic rings.